The Balaban J connectivity index is 1.97. The average Bonchev–Trinajstić information content (AvgIpc) is 2.67. The summed E-state index contributed by atoms with van der Waals surface area (Å²) >= 11 is 3.87. The fourth-order valence-corrected chi connectivity index (χ4v) is 3.72. The molecular weight excluding hydrogens is 236 g/mol. The lowest BCUT2D eigenvalue weighted by Gasteiger charge is -2.25. The third-order valence-electron chi connectivity index (χ3n) is 2.78. The highest BCUT2D eigenvalue weighted by atomic mass is 32.2. The van der Waals surface area contributed by atoms with E-state index in [-0.39, 0.29) is 5.41 Å². The molecule has 2 heterocycles. The first kappa shape index (κ1) is 12.4. The van der Waals surface area contributed by atoms with Gasteiger partial charge in [0.25, 0.3) is 0 Å². The Labute approximate surface area is 106 Å². The van der Waals surface area contributed by atoms with Crippen molar-refractivity contribution in [2.45, 2.75) is 32.7 Å². The zero-order chi connectivity index (χ0) is 11.6. The van der Waals surface area contributed by atoms with Crippen LogP contribution in [0, 0.1) is 0 Å². The summed E-state index contributed by atoms with van der Waals surface area (Å²) < 4.78 is 0. The van der Waals surface area contributed by atoms with Gasteiger partial charge in [-0.3, -0.25) is 4.90 Å². The van der Waals surface area contributed by atoms with E-state index in [2.05, 4.69) is 42.8 Å². The highest BCUT2D eigenvalue weighted by Gasteiger charge is 2.18. The Bertz CT molecular complexity index is 335. The number of aromatic nitrogens is 1. The topological polar surface area (TPSA) is 16.1 Å². The van der Waals surface area contributed by atoms with Gasteiger partial charge in [-0.2, -0.15) is 11.8 Å². The number of thioether (sulfide) groups is 1. The predicted molar refractivity (Wildman–Crippen MR) is 73.4 cm³/mol. The molecule has 0 aromatic carbocycles. The van der Waals surface area contributed by atoms with Crippen LogP contribution in [0.3, 0.4) is 0 Å². The van der Waals surface area contributed by atoms with E-state index >= 15 is 0 Å². The molecule has 0 atom stereocenters. The summed E-state index contributed by atoms with van der Waals surface area (Å²) in [6, 6.07) is 0. The smallest absolute Gasteiger partial charge is 0.107 e. The first-order valence-corrected chi connectivity index (χ1v) is 7.84. The second-order valence-electron chi connectivity index (χ2n) is 5.27. The summed E-state index contributed by atoms with van der Waals surface area (Å²) in [7, 11) is 0. The predicted octanol–water partition coefficient (Wildman–Crippen LogP) is 2.99. The summed E-state index contributed by atoms with van der Waals surface area (Å²) in [6.45, 7) is 10.2. The van der Waals surface area contributed by atoms with Gasteiger partial charge in [-0.25, -0.2) is 4.98 Å². The van der Waals surface area contributed by atoms with Gasteiger partial charge in [-0.05, 0) is 0 Å². The van der Waals surface area contributed by atoms with Crippen molar-refractivity contribution in [3.05, 3.63) is 16.1 Å². The van der Waals surface area contributed by atoms with Gasteiger partial charge in [0.2, 0.25) is 0 Å². The maximum absolute atomic E-state index is 4.75. The minimum absolute atomic E-state index is 0.187. The van der Waals surface area contributed by atoms with E-state index in [0.717, 1.165) is 6.54 Å². The highest BCUT2D eigenvalue weighted by molar-refractivity contribution is 7.99. The SMILES string of the molecule is CC(C)(C)c1csc(CN2CCSCC2)n1. The lowest BCUT2D eigenvalue weighted by molar-refractivity contribution is 0.293. The van der Waals surface area contributed by atoms with E-state index in [0.29, 0.717) is 0 Å². The monoisotopic (exact) mass is 256 g/mol. The van der Waals surface area contributed by atoms with Gasteiger partial charge in [0, 0.05) is 35.4 Å². The molecule has 1 saturated heterocycles. The van der Waals surface area contributed by atoms with Crippen LogP contribution in [0.1, 0.15) is 31.5 Å². The van der Waals surface area contributed by atoms with Gasteiger partial charge in [-0.15, -0.1) is 11.3 Å². The van der Waals surface area contributed by atoms with Crippen LogP contribution < -0.4 is 0 Å². The molecule has 0 spiro atoms. The summed E-state index contributed by atoms with van der Waals surface area (Å²) in [5.41, 5.74) is 1.42. The van der Waals surface area contributed by atoms with Crippen molar-refractivity contribution in [1.29, 1.82) is 0 Å². The Kier molecular flexibility index (Phi) is 3.93. The molecule has 1 fully saturated rings. The van der Waals surface area contributed by atoms with Crippen LogP contribution >= 0.6 is 23.1 Å². The van der Waals surface area contributed by atoms with E-state index in [4.69, 9.17) is 4.98 Å². The Morgan fingerprint density at radius 2 is 2.00 bits per heavy atom. The van der Waals surface area contributed by atoms with Crippen LogP contribution in [-0.2, 0) is 12.0 Å². The standard InChI is InChI=1S/C12H20N2S2/c1-12(2,3)10-9-16-11(13-10)8-14-4-6-15-7-5-14/h9H,4-8H2,1-3H3. The summed E-state index contributed by atoms with van der Waals surface area (Å²) in [5, 5.41) is 3.49. The largest absolute Gasteiger partial charge is 0.295 e. The fraction of sp³-hybridized carbons (Fsp3) is 0.750. The van der Waals surface area contributed by atoms with Crippen LogP contribution in [0.25, 0.3) is 0 Å². The molecule has 0 saturated carbocycles. The number of rotatable bonds is 2. The van der Waals surface area contributed by atoms with E-state index in [9.17, 15) is 0 Å². The van der Waals surface area contributed by atoms with Gasteiger partial charge in [0.05, 0.1) is 12.2 Å². The minimum Gasteiger partial charge on any atom is -0.295 e. The summed E-state index contributed by atoms with van der Waals surface area (Å²) in [5.74, 6) is 2.55. The minimum atomic E-state index is 0.187. The van der Waals surface area contributed by atoms with Gasteiger partial charge in [0.15, 0.2) is 0 Å². The van der Waals surface area contributed by atoms with Crippen LogP contribution in [0.2, 0.25) is 0 Å². The highest BCUT2D eigenvalue weighted by Crippen LogP contribution is 2.24. The molecule has 0 N–H and O–H groups in total. The van der Waals surface area contributed by atoms with Crippen molar-refractivity contribution in [3.63, 3.8) is 0 Å². The number of thiazole rings is 1. The molecule has 0 amide bonds. The van der Waals surface area contributed by atoms with Crippen molar-refractivity contribution in [1.82, 2.24) is 9.88 Å². The molecule has 4 heteroatoms. The molecule has 90 valence electrons. The van der Waals surface area contributed by atoms with Crippen molar-refractivity contribution in [3.8, 4) is 0 Å². The van der Waals surface area contributed by atoms with Crippen LogP contribution in [0.4, 0.5) is 0 Å². The van der Waals surface area contributed by atoms with E-state index in [1.807, 2.05) is 11.3 Å². The fourth-order valence-electron chi connectivity index (χ4n) is 1.68. The van der Waals surface area contributed by atoms with E-state index in [1.165, 1.54) is 35.3 Å². The van der Waals surface area contributed by atoms with Gasteiger partial charge in [-0.1, -0.05) is 20.8 Å². The van der Waals surface area contributed by atoms with Crippen LogP contribution in [0.15, 0.2) is 5.38 Å². The summed E-state index contributed by atoms with van der Waals surface area (Å²) in [4.78, 5) is 7.26. The van der Waals surface area contributed by atoms with E-state index in [1.54, 1.807) is 0 Å². The first-order chi connectivity index (χ1) is 7.55. The molecule has 0 aliphatic carbocycles. The molecule has 2 nitrogen and oxygen atoms in total. The lowest BCUT2D eigenvalue weighted by Crippen LogP contribution is -2.31. The second-order valence-corrected chi connectivity index (χ2v) is 7.43. The van der Waals surface area contributed by atoms with Gasteiger partial charge in [0.1, 0.15) is 5.01 Å². The Hall–Kier alpha value is -0.0600. The van der Waals surface area contributed by atoms with Crippen molar-refractivity contribution < 1.29 is 0 Å². The lowest BCUT2D eigenvalue weighted by atomic mass is 9.93. The van der Waals surface area contributed by atoms with Crippen molar-refractivity contribution in [2.75, 3.05) is 24.6 Å². The third kappa shape index (κ3) is 3.22. The van der Waals surface area contributed by atoms with Crippen molar-refractivity contribution >= 4 is 23.1 Å². The number of hydrogen-bond acceptors (Lipinski definition) is 4. The van der Waals surface area contributed by atoms with Gasteiger partial charge >= 0.3 is 0 Å². The molecule has 2 rings (SSSR count). The molecule has 1 aromatic rings. The van der Waals surface area contributed by atoms with Crippen LogP contribution in [-0.4, -0.2) is 34.5 Å². The maximum Gasteiger partial charge on any atom is 0.107 e. The number of hydrogen-bond donors (Lipinski definition) is 0. The average molecular weight is 256 g/mol. The van der Waals surface area contributed by atoms with Crippen LogP contribution in [0.5, 0.6) is 0 Å². The Morgan fingerprint density at radius 3 is 2.56 bits per heavy atom. The summed E-state index contributed by atoms with van der Waals surface area (Å²) in [6.07, 6.45) is 0. The molecule has 0 bridgehead atoms. The zero-order valence-corrected chi connectivity index (χ0v) is 12.0. The third-order valence-corrected chi connectivity index (χ3v) is 4.56. The molecule has 16 heavy (non-hydrogen) atoms. The first-order valence-electron chi connectivity index (χ1n) is 5.81. The Morgan fingerprint density at radius 1 is 1.31 bits per heavy atom. The molecule has 1 aromatic heterocycles. The van der Waals surface area contributed by atoms with Crippen molar-refractivity contribution in [2.24, 2.45) is 0 Å². The quantitative estimate of drug-likeness (QED) is 0.809. The molecule has 0 radical (unpaired) electrons. The second kappa shape index (κ2) is 5.07. The van der Waals surface area contributed by atoms with Gasteiger partial charge < -0.3 is 0 Å². The maximum atomic E-state index is 4.75. The molecular formula is C12H20N2S2. The van der Waals surface area contributed by atoms with E-state index < -0.39 is 0 Å². The normalized spacial score (nSPS) is 18.9. The zero-order valence-electron chi connectivity index (χ0n) is 10.3. The molecule has 1 aliphatic heterocycles. The number of nitrogens with zero attached hydrogens (tertiary/aromatic N) is 2. The molecule has 1 aliphatic rings. The molecule has 0 unspecified atom stereocenters.